The molecule has 1 atom stereocenters. The zero-order valence-corrected chi connectivity index (χ0v) is 19.0. The molecule has 1 heterocycles. The second-order valence-corrected chi connectivity index (χ2v) is 8.20. The van der Waals surface area contributed by atoms with Crippen molar-refractivity contribution in [3.05, 3.63) is 29.3 Å². The van der Waals surface area contributed by atoms with Gasteiger partial charge in [-0.1, -0.05) is 57.6 Å². The number of unbranched alkanes of at least 4 members (excludes halogenated alkanes) is 6. The van der Waals surface area contributed by atoms with E-state index in [1.807, 2.05) is 0 Å². The number of benzene rings is 1. The molecule has 1 fully saturated rings. The lowest BCUT2D eigenvalue weighted by Crippen LogP contribution is -2.50. The van der Waals surface area contributed by atoms with Crippen LogP contribution in [0.25, 0.3) is 0 Å². The SMILES string of the molecule is CCCCCCCCCNC(=O)CNc1cccc(C=O)c1CNC1CCC(=O)NC1=O. The summed E-state index contributed by atoms with van der Waals surface area (Å²) in [4.78, 5) is 47.0. The molecule has 1 saturated heterocycles. The first-order chi connectivity index (χ1) is 15.5. The van der Waals surface area contributed by atoms with Gasteiger partial charge in [-0.25, -0.2) is 0 Å². The predicted octanol–water partition coefficient (Wildman–Crippen LogP) is 2.67. The molecule has 1 aliphatic heterocycles. The molecule has 8 nitrogen and oxygen atoms in total. The highest BCUT2D eigenvalue weighted by Gasteiger charge is 2.26. The Bertz CT molecular complexity index is 781. The molecular formula is C24H36N4O4. The van der Waals surface area contributed by atoms with E-state index in [1.165, 1.54) is 32.1 Å². The van der Waals surface area contributed by atoms with E-state index in [0.717, 1.165) is 19.1 Å². The Balaban J connectivity index is 1.78. The molecule has 3 amide bonds. The number of rotatable bonds is 15. The second-order valence-electron chi connectivity index (χ2n) is 8.20. The van der Waals surface area contributed by atoms with E-state index in [4.69, 9.17) is 0 Å². The minimum atomic E-state index is -0.495. The molecule has 1 aromatic carbocycles. The second kappa shape index (κ2) is 14.3. The Morgan fingerprint density at radius 2 is 1.88 bits per heavy atom. The zero-order valence-electron chi connectivity index (χ0n) is 19.0. The first kappa shape index (κ1) is 25.5. The van der Waals surface area contributed by atoms with Crippen LogP contribution < -0.4 is 21.3 Å². The van der Waals surface area contributed by atoms with Crippen molar-refractivity contribution in [3.8, 4) is 0 Å². The van der Waals surface area contributed by atoms with Gasteiger partial charge in [0.05, 0.1) is 12.6 Å². The molecule has 176 valence electrons. The van der Waals surface area contributed by atoms with Gasteiger partial charge in [-0.15, -0.1) is 0 Å². The Hall–Kier alpha value is -2.74. The van der Waals surface area contributed by atoms with Crippen LogP contribution in [-0.2, 0) is 20.9 Å². The molecule has 1 aliphatic rings. The summed E-state index contributed by atoms with van der Waals surface area (Å²) in [6.07, 6.45) is 9.82. The third-order valence-electron chi connectivity index (χ3n) is 5.65. The number of carbonyl (C=O) groups excluding carboxylic acids is 4. The molecular weight excluding hydrogens is 408 g/mol. The number of hydrogen-bond donors (Lipinski definition) is 4. The van der Waals surface area contributed by atoms with Crippen molar-refractivity contribution >= 4 is 29.7 Å². The van der Waals surface area contributed by atoms with Gasteiger partial charge in [-0.2, -0.15) is 0 Å². The van der Waals surface area contributed by atoms with Crippen molar-refractivity contribution in [1.29, 1.82) is 0 Å². The van der Waals surface area contributed by atoms with Crippen molar-refractivity contribution < 1.29 is 19.2 Å². The fourth-order valence-electron chi connectivity index (χ4n) is 3.74. The fraction of sp³-hybridized carbons (Fsp3) is 0.583. The van der Waals surface area contributed by atoms with Crippen molar-refractivity contribution in [2.45, 2.75) is 77.3 Å². The first-order valence-corrected chi connectivity index (χ1v) is 11.7. The molecule has 0 aliphatic carbocycles. The van der Waals surface area contributed by atoms with Crippen LogP contribution in [0.4, 0.5) is 5.69 Å². The molecule has 1 unspecified atom stereocenters. The van der Waals surface area contributed by atoms with Gasteiger partial charge in [-0.3, -0.25) is 24.5 Å². The maximum absolute atomic E-state index is 12.2. The van der Waals surface area contributed by atoms with E-state index in [1.54, 1.807) is 18.2 Å². The summed E-state index contributed by atoms with van der Waals surface area (Å²) in [5, 5.41) is 11.5. The van der Waals surface area contributed by atoms with Gasteiger partial charge in [0.2, 0.25) is 17.7 Å². The monoisotopic (exact) mass is 444 g/mol. The van der Waals surface area contributed by atoms with Gasteiger partial charge >= 0.3 is 0 Å². The minimum absolute atomic E-state index is 0.100. The smallest absolute Gasteiger partial charge is 0.243 e. The highest BCUT2D eigenvalue weighted by atomic mass is 16.2. The molecule has 1 aromatic rings. The van der Waals surface area contributed by atoms with Crippen molar-refractivity contribution in [2.24, 2.45) is 0 Å². The van der Waals surface area contributed by atoms with E-state index in [-0.39, 0.29) is 37.2 Å². The average Bonchev–Trinajstić information content (AvgIpc) is 2.79. The molecule has 8 heteroatoms. The number of anilines is 1. The number of hydrogen-bond acceptors (Lipinski definition) is 6. The lowest BCUT2D eigenvalue weighted by Gasteiger charge is -2.23. The van der Waals surface area contributed by atoms with E-state index in [0.29, 0.717) is 29.8 Å². The summed E-state index contributed by atoms with van der Waals surface area (Å²) < 4.78 is 0. The van der Waals surface area contributed by atoms with E-state index in [9.17, 15) is 19.2 Å². The predicted molar refractivity (Wildman–Crippen MR) is 124 cm³/mol. The van der Waals surface area contributed by atoms with E-state index in [2.05, 4.69) is 28.2 Å². The lowest BCUT2D eigenvalue weighted by molar-refractivity contribution is -0.134. The number of amides is 3. The number of nitrogens with one attached hydrogen (secondary N) is 4. The quantitative estimate of drug-likeness (QED) is 0.188. The van der Waals surface area contributed by atoms with Crippen LogP contribution in [0, 0.1) is 0 Å². The van der Waals surface area contributed by atoms with Crippen molar-refractivity contribution in [3.63, 3.8) is 0 Å². The maximum Gasteiger partial charge on any atom is 0.243 e. The molecule has 2 rings (SSSR count). The first-order valence-electron chi connectivity index (χ1n) is 11.7. The Morgan fingerprint density at radius 1 is 1.12 bits per heavy atom. The van der Waals surface area contributed by atoms with Gasteiger partial charge < -0.3 is 16.0 Å². The number of piperidine rings is 1. The molecule has 32 heavy (non-hydrogen) atoms. The highest BCUT2D eigenvalue weighted by Crippen LogP contribution is 2.19. The van der Waals surface area contributed by atoms with Crippen molar-refractivity contribution in [1.82, 2.24) is 16.0 Å². The molecule has 0 saturated carbocycles. The maximum atomic E-state index is 12.2. The van der Waals surface area contributed by atoms with Crippen LogP contribution in [0.3, 0.4) is 0 Å². The van der Waals surface area contributed by atoms with Crippen LogP contribution in [0.5, 0.6) is 0 Å². The lowest BCUT2D eigenvalue weighted by atomic mass is 10.0. The third kappa shape index (κ3) is 8.78. The van der Waals surface area contributed by atoms with E-state index < -0.39 is 6.04 Å². The molecule has 4 N–H and O–H groups in total. The zero-order chi connectivity index (χ0) is 23.2. The van der Waals surface area contributed by atoms with Crippen LogP contribution in [-0.4, -0.2) is 43.1 Å². The number of carbonyl (C=O) groups is 4. The Kier molecular flexibility index (Phi) is 11.4. The fourth-order valence-corrected chi connectivity index (χ4v) is 3.74. The topological polar surface area (TPSA) is 116 Å². The van der Waals surface area contributed by atoms with Crippen LogP contribution in [0.15, 0.2) is 18.2 Å². The van der Waals surface area contributed by atoms with Crippen LogP contribution in [0.2, 0.25) is 0 Å². The molecule has 0 radical (unpaired) electrons. The molecule has 0 spiro atoms. The average molecular weight is 445 g/mol. The van der Waals surface area contributed by atoms with Gasteiger partial charge in [-0.05, 0) is 24.5 Å². The Morgan fingerprint density at radius 3 is 2.59 bits per heavy atom. The standard InChI is InChI=1S/C24H36N4O4/c1-2-3-4-5-6-7-8-14-25-23(31)16-27-20-11-9-10-18(17-29)19(20)15-26-21-12-13-22(30)28-24(21)32/h9-11,17,21,26-27H,2-8,12-16H2,1H3,(H,25,31)(H,28,30,32). The summed E-state index contributed by atoms with van der Waals surface area (Å²) in [6.45, 7) is 3.23. The summed E-state index contributed by atoms with van der Waals surface area (Å²) >= 11 is 0. The van der Waals surface area contributed by atoms with Crippen LogP contribution in [0.1, 0.15) is 80.6 Å². The third-order valence-corrected chi connectivity index (χ3v) is 5.65. The van der Waals surface area contributed by atoms with Gasteiger partial charge in [0, 0.05) is 30.8 Å². The summed E-state index contributed by atoms with van der Waals surface area (Å²) in [7, 11) is 0. The summed E-state index contributed by atoms with van der Waals surface area (Å²) in [5.41, 5.74) is 1.84. The molecule has 0 bridgehead atoms. The largest absolute Gasteiger partial charge is 0.376 e. The minimum Gasteiger partial charge on any atom is -0.376 e. The normalized spacial score (nSPS) is 15.8. The number of imide groups is 1. The van der Waals surface area contributed by atoms with E-state index >= 15 is 0 Å². The summed E-state index contributed by atoms with van der Waals surface area (Å²) in [6, 6.07) is 4.75. The van der Waals surface area contributed by atoms with Gasteiger partial charge in [0.25, 0.3) is 0 Å². The number of aldehydes is 1. The highest BCUT2D eigenvalue weighted by molar-refractivity contribution is 6.00. The molecule has 0 aromatic heterocycles. The van der Waals surface area contributed by atoms with Gasteiger partial charge in [0.15, 0.2) is 0 Å². The van der Waals surface area contributed by atoms with Gasteiger partial charge in [0.1, 0.15) is 6.29 Å². The van der Waals surface area contributed by atoms with Crippen molar-refractivity contribution in [2.75, 3.05) is 18.4 Å². The van der Waals surface area contributed by atoms with Crippen LogP contribution >= 0.6 is 0 Å². The Labute approximate surface area is 190 Å². The summed E-state index contributed by atoms with van der Waals surface area (Å²) in [5.74, 6) is -0.730.